The molecule has 0 fully saturated rings. The Labute approximate surface area is 131 Å². The highest BCUT2D eigenvalue weighted by Gasteiger charge is 2.32. The lowest BCUT2D eigenvalue weighted by atomic mass is 10.1. The fraction of sp³-hybridized carbons (Fsp3) is 0.250. The van der Waals surface area contributed by atoms with Crippen molar-refractivity contribution in [1.82, 2.24) is 0 Å². The van der Waals surface area contributed by atoms with Crippen molar-refractivity contribution in [2.45, 2.75) is 19.4 Å². The Hall–Kier alpha value is -1.41. The zero-order chi connectivity index (χ0) is 14.9. The Morgan fingerprint density at radius 1 is 1.40 bits per heavy atom. The van der Waals surface area contributed by atoms with Crippen LogP contribution in [0.25, 0.3) is 0 Å². The second kappa shape index (κ2) is 5.92. The van der Waals surface area contributed by atoms with Crippen LogP contribution in [0.2, 0.25) is 0 Å². The Bertz CT molecular complexity index is 592. The maximum absolute atomic E-state index is 12.0. The average Bonchev–Trinajstić information content (AvgIpc) is 2.83. The third-order valence-electron chi connectivity index (χ3n) is 2.64. The molecule has 0 radical (unpaired) electrons. The highest BCUT2D eigenvalue weighted by Crippen LogP contribution is 2.32. The molecular weight excluding hydrogens is 396 g/mol. The van der Waals surface area contributed by atoms with Crippen LogP contribution in [-0.4, -0.2) is 28.8 Å². The summed E-state index contributed by atoms with van der Waals surface area (Å²) in [4.78, 5) is 27.6. The molecule has 20 heavy (non-hydrogen) atoms. The molecule has 1 heterocycles. The predicted molar refractivity (Wildman–Crippen MR) is 79.8 cm³/mol. The van der Waals surface area contributed by atoms with E-state index in [0.717, 1.165) is 14.5 Å². The van der Waals surface area contributed by atoms with Gasteiger partial charge in [0.2, 0.25) is 6.10 Å². The molecule has 1 aliphatic rings. The van der Waals surface area contributed by atoms with Gasteiger partial charge in [0.05, 0.1) is 5.69 Å². The number of oxime groups is 1. The van der Waals surface area contributed by atoms with E-state index in [4.69, 9.17) is 9.94 Å². The summed E-state index contributed by atoms with van der Waals surface area (Å²) in [5, 5.41) is 14.8. The summed E-state index contributed by atoms with van der Waals surface area (Å²) in [5.41, 5.74) is 1.43. The van der Waals surface area contributed by atoms with Crippen LogP contribution in [0.15, 0.2) is 26.2 Å². The number of hydrogen-bond donors (Lipinski definition) is 2. The molecule has 1 amide bonds. The van der Waals surface area contributed by atoms with Gasteiger partial charge in [0.25, 0.3) is 5.91 Å². The van der Waals surface area contributed by atoms with Crippen LogP contribution >= 0.6 is 31.9 Å². The molecule has 1 aromatic carbocycles. The number of amides is 1. The molecule has 2 rings (SSSR count). The highest BCUT2D eigenvalue weighted by molar-refractivity contribution is 9.11. The SMILES string of the molecule is Cc1cc(Br)c(NC(=O)C2CC(C(=O)O)=NO2)c(Br)c1. The van der Waals surface area contributed by atoms with E-state index in [2.05, 4.69) is 42.3 Å². The van der Waals surface area contributed by atoms with Crippen LogP contribution in [0.3, 0.4) is 0 Å². The maximum Gasteiger partial charge on any atom is 0.353 e. The van der Waals surface area contributed by atoms with Crippen LogP contribution in [0, 0.1) is 6.92 Å². The van der Waals surface area contributed by atoms with Crippen molar-refractivity contribution < 1.29 is 19.5 Å². The van der Waals surface area contributed by atoms with E-state index in [1.807, 2.05) is 19.1 Å². The van der Waals surface area contributed by atoms with E-state index in [0.29, 0.717) is 5.69 Å². The molecule has 0 bridgehead atoms. The zero-order valence-corrected chi connectivity index (χ0v) is 13.5. The maximum atomic E-state index is 12.0. The van der Waals surface area contributed by atoms with Crippen molar-refractivity contribution in [3.8, 4) is 0 Å². The summed E-state index contributed by atoms with van der Waals surface area (Å²) in [5.74, 6) is -1.63. The molecule has 1 unspecified atom stereocenters. The normalized spacial score (nSPS) is 17.4. The largest absolute Gasteiger partial charge is 0.477 e. The van der Waals surface area contributed by atoms with Gasteiger partial charge in [-0.05, 0) is 56.5 Å². The Morgan fingerprint density at radius 3 is 2.50 bits per heavy atom. The number of carbonyl (C=O) groups excluding carboxylic acids is 1. The zero-order valence-electron chi connectivity index (χ0n) is 10.3. The predicted octanol–water partition coefficient (Wildman–Crippen LogP) is 2.69. The Kier molecular flexibility index (Phi) is 4.44. The second-order valence-corrected chi connectivity index (χ2v) is 5.94. The van der Waals surface area contributed by atoms with Crippen molar-refractivity contribution in [1.29, 1.82) is 0 Å². The van der Waals surface area contributed by atoms with E-state index < -0.39 is 18.0 Å². The van der Waals surface area contributed by atoms with Gasteiger partial charge in [0.1, 0.15) is 0 Å². The molecule has 0 aliphatic carbocycles. The quantitative estimate of drug-likeness (QED) is 0.809. The number of aliphatic carboxylic acids is 1. The average molecular weight is 406 g/mol. The molecule has 106 valence electrons. The van der Waals surface area contributed by atoms with E-state index >= 15 is 0 Å². The number of anilines is 1. The minimum Gasteiger partial charge on any atom is -0.477 e. The minimum absolute atomic E-state index is 0.0533. The van der Waals surface area contributed by atoms with Gasteiger partial charge >= 0.3 is 5.97 Å². The summed E-state index contributed by atoms with van der Waals surface area (Å²) in [6, 6.07) is 3.71. The number of aryl methyl sites for hydroxylation is 1. The van der Waals surface area contributed by atoms with Crippen LogP contribution in [0.1, 0.15) is 12.0 Å². The summed E-state index contributed by atoms with van der Waals surface area (Å²) >= 11 is 6.72. The highest BCUT2D eigenvalue weighted by atomic mass is 79.9. The number of carboxylic acids is 1. The molecule has 1 aromatic rings. The van der Waals surface area contributed by atoms with Crippen molar-refractivity contribution >= 4 is 55.1 Å². The number of carboxylic acid groups (broad SMARTS) is 1. The molecule has 0 aromatic heterocycles. The molecule has 2 N–H and O–H groups in total. The lowest BCUT2D eigenvalue weighted by Gasteiger charge is -2.13. The van der Waals surface area contributed by atoms with Crippen molar-refractivity contribution in [3.63, 3.8) is 0 Å². The van der Waals surface area contributed by atoms with Crippen LogP contribution in [0.4, 0.5) is 5.69 Å². The third kappa shape index (κ3) is 3.18. The molecule has 1 aliphatic heterocycles. The van der Waals surface area contributed by atoms with Crippen LogP contribution < -0.4 is 5.32 Å². The molecule has 0 saturated heterocycles. The van der Waals surface area contributed by atoms with E-state index in [1.165, 1.54) is 0 Å². The first kappa shape index (κ1) is 15.0. The van der Waals surface area contributed by atoms with Gasteiger partial charge in [-0.3, -0.25) is 4.79 Å². The first-order valence-corrected chi connectivity index (χ1v) is 7.19. The first-order chi connectivity index (χ1) is 9.38. The van der Waals surface area contributed by atoms with E-state index in [9.17, 15) is 9.59 Å². The molecule has 1 atom stereocenters. The standard InChI is InChI=1S/C12H10Br2N2O4/c1-5-2-6(13)10(7(14)3-5)15-11(17)9-4-8(12(18)19)16-20-9/h2-3,9H,4H2,1H3,(H,15,17)(H,18,19). The number of nitrogens with zero attached hydrogens (tertiary/aromatic N) is 1. The monoisotopic (exact) mass is 404 g/mol. The number of rotatable bonds is 3. The molecule has 0 spiro atoms. The molecule has 0 saturated carbocycles. The number of carbonyl (C=O) groups is 2. The molecular formula is C12H10Br2N2O4. The van der Waals surface area contributed by atoms with Gasteiger partial charge in [-0.25, -0.2) is 4.79 Å². The first-order valence-electron chi connectivity index (χ1n) is 5.61. The molecule has 8 heteroatoms. The van der Waals surface area contributed by atoms with Gasteiger partial charge in [-0.2, -0.15) is 0 Å². The minimum atomic E-state index is -1.18. The van der Waals surface area contributed by atoms with Crippen LogP contribution in [0.5, 0.6) is 0 Å². The van der Waals surface area contributed by atoms with Gasteiger partial charge in [0.15, 0.2) is 5.71 Å². The van der Waals surface area contributed by atoms with E-state index in [1.54, 1.807) is 0 Å². The van der Waals surface area contributed by atoms with Crippen molar-refractivity contribution in [2.75, 3.05) is 5.32 Å². The summed E-state index contributed by atoms with van der Waals surface area (Å²) < 4.78 is 1.44. The topological polar surface area (TPSA) is 88.0 Å². The second-order valence-electron chi connectivity index (χ2n) is 4.23. The lowest BCUT2D eigenvalue weighted by molar-refractivity contribution is -0.129. The van der Waals surface area contributed by atoms with Crippen molar-refractivity contribution in [3.05, 3.63) is 26.6 Å². The summed E-state index contributed by atoms with van der Waals surface area (Å²) in [6.45, 7) is 1.92. The smallest absolute Gasteiger partial charge is 0.353 e. The third-order valence-corrected chi connectivity index (χ3v) is 3.89. The van der Waals surface area contributed by atoms with Crippen molar-refractivity contribution in [2.24, 2.45) is 5.16 Å². The van der Waals surface area contributed by atoms with Gasteiger partial charge in [-0.15, -0.1) is 0 Å². The fourth-order valence-electron chi connectivity index (χ4n) is 1.67. The van der Waals surface area contributed by atoms with Gasteiger partial charge in [-0.1, -0.05) is 5.16 Å². The fourth-order valence-corrected chi connectivity index (χ4v) is 3.28. The van der Waals surface area contributed by atoms with E-state index in [-0.39, 0.29) is 12.1 Å². The summed E-state index contributed by atoms with van der Waals surface area (Å²) in [7, 11) is 0. The Morgan fingerprint density at radius 2 is 2.00 bits per heavy atom. The number of nitrogens with one attached hydrogen (secondary N) is 1. The Balaban J connectivity index is 2.09. The number of benzene rings is 1. The number of hydrogen-bond acceptors (Lipinski definition) is 4. The van der Waals surface area contributed by atoms with Gasteiger partial charge < -0.3 is 15.3 Å². The number of halogens is 2. The molecule has 6 nitrogen and oxygen atoms in total. The lowest BCUT2D eigenvalue weighted by Crippen LogP contribution is -2.29. The summed E-state index contributed by atoms with van der Waals surface area (Å²) in [6.07, 6.45) is -0.983. The van der Waals surface area contributed by atoms with Crippen LogP contribution in [-0.2, 0) is 14.4 Å². The van der Waals surface area contributed by atoms with Gasteiger partial charge in [0, 0.05) is 15.4 Å².